The Labute approximate surface area is 87.2 Å². The van der Waals surface area contributed by atoms with Crippen molar-refractivity contribution in [3.63, 3.8) is 0 Å². The number of nitrogens with zero attached hydrogens (tertiary/aromatic N) is 4. The van der Waals surface area contributed by atoms with Gasteiger partial charge in [0.1, 0.15) is 5.82 Å². The SMILES string of the molecule is CCCCc1nc(Cl)nc(NC#N)n1. The quantitative estimate of drug-likeness (QED) is 0.607. The van der Waals surface area contributed by atoms with Crippen LogP contribution in [0.1, 0.15) is 25.6 Å². The van der Waals surface area contributed by atoms with Crippen LogP contribution in [-0.4, -0.2) is 15.0 Å². The van der Waals surface area contributed by atoms with Gasteiger partial charge in [0, 0.05) is 6.42 Å². The molecule has 0 radical (unpaired) electrons. The van der Waals surface area contributed by atoms with E-state index in [-0.39, 0.29) is 11.2 Å². The molecule has 0 aliphatic rings. The van der Waals surface area contributed by atoms with Crippen LogP contribution in [0.5, 0.6) is 0 Å². The van der Waals surface area contributed by atoms with Crippen LogP contribution in [0.25, 0.3) is 0 Å². The molecule has 1 rings (SSSR count). The predicted molar refractivity (Wildman–Crippen MR) is 52.7 cm³/mol. The number of hydrogen-bond donors (Lipinski definition) is 1. The second-order valence-corrected chi connectivity index (χ2v) is 3.02. The monoisotopic (exact) mass is 211 g/mol. The van der Waals surface area contributed by atoms with Crippen LogP contribution in [0.4, 0.5) is 5.95 Å². The molecule has 1 heterocycles. The third-order valence-corrected chi connectivity index (χ3v) is 1.75. The van der Waals surface area contributed by atoms with E-state index in [1.165, 1.54) is 0 Å². The summed E-state index contributed by atoms with van der Waals surface area (Å²) in [6.07, 6.45) is 4.53. The number of aromatic nitrogens is 3. The Morgan fingerprint density at radius 3 is 2.86 bits per heavy atom. The average molecular weight is 212 g/mol. The topological polar surface area (TPSA) is 74.5 Å². The number of nitriles is 1. The number of anilines is 1. The highest BCUT2D eigenvalue weighted by molar-refractivity contribution is 6.28. The summed E-state index contributed by atoms with van der Waals surface area (Å²) in [5.74, 6) is 0.822. The van der Waals surface area contributed by atoms with Crippen molar-refractivity contribution >= 4 is 17.5 Å². The zero-order valence-corrected chi connectivity index (χ0v) is 8.54. The summed E-state index contributed by atoms with van der Waals surface area (Å²) in [4.78, 5) is 11.7. The smallest absolute Gasteiger partial charge is 0.240 e. The van der Waals surface area contributed by atoms with E-state index in [1.54, 1.807) is 6.19 Å². The Morgan fingerprint density at radius 2 is 2.21 bits per heavy atom. The first-order chi connectivity index (χ1) is 6.76. The molecule has 0 aromatic carbocycles. The maximum absolute atomic E-state index is 8.37. The number of aryl methyl sites for hydroxylation is 1. The predicted octanol–water partition coefficient (Wildman–Crippen LogP) is 1.76. The van der Waals surface area contributed by atoms with E-state index in [1.807, 2.05) is 0 Å². The highest BCUT2D eigenvalue weighted by atomic mass is 35.5. The molecule has 1 N–H and O–H groups in total. The molecule has 74 valence electrons. The fourth-order valence-corrected chi connectivity index (χ4v) is 1.12. The van der Waals surface area contributed by atoms with Gasteiger partial charge in [0.15, 0.2) is 6.19 Å². The maximum Gasteiger partial charge on any atom is 0.240 e. The molecule has 0 aliphatic heterocycles. The number of rotatable bonds is 4. The van der Waals surface area contributed by atoms with Crippen LogP contribution in [0, 0.1) is 11.5 Å². The molecule has 0 aliphatic carbocycles. The minimum absolute atomic E-state index is 0.115. The Balaban J connectivity index is 2.79. The largest absolute Gasteiger partial charge is 0.261 e. The number of halogens is 1. The Morgan fingerprint density at radius 1 is 1.43 bits per heavy atom. The van der Waals surface area contributed by atoms with Gasteiger partial charge in [0.2, 0.25) is 11.2 Å². The molecule has 0 spiro atoms. The zero-order valence-electron chi connectivity index (χ0n) is 7.79. The first kappa shape index (κ1) is 10.7. The van der Waals surface area contributed by atoms with Gasteiger partial charge in [-0.3, -0.25) is 5.32 Å². The first-order valence-electron chi connectivity index (χ1n) is 4.31. The molecule has 0 unspecified atom stereocenters. The molecule has 0 bridgehead atoms. The van der Waals surface area contributed by atoms with E-state index >= 15 is 0 Å². The Hall–Kier alpha value is -1.41. The highest BCUT2D eigenvalue weighted by Gasteiger charge is 2.03. The summed E-state index contributed by atoms with van der Waals surface area (Å²) in [6.45, 7) is 2.08. The molecule has 0 saturated heterocycles. The van der Waals surface area contributed by atoms with Crippen molar-refractivity contribution < 1.29 is 0 Å². The van der Waals surface area contributed by atoms with Crippen molar-refractivity contribution in [2.24, 2.45) is 0 Å². The van der Waals surface area contributed by atoms with E-state index in [4.69, 9.17) is 16.9 Å². The van der Waals surface area contributed by atoms with Crippen molar-refractivity contribution in [2.75, 3.05) is 5.32 Å². The number of nitrogens with one attached hydrogen (secondary N) is 1. The van der Waals surface area contributed by atoms with Crippen LogP contribution < -0.4 is 5.32 Å². The first-order valence-corrected chi connectivity index (χ1v) is 4.69. The van der Waals surface area contributed by atoms with E-state index < -0.39 is 0 Å². The molecule has 1 aromatic rings. The van der Waals surface area contributed by atoms with Gasteiger partial charge in [0.25, 0.3) is 0 Å². The zero-order chi connectivity index (χ0) is 10.4. The van der Waals surface area contributed by atoms with E-state index in [0.29, 0.717) is 5.82 Å². The van der Waals surface area contributed by atoms with Gasteiger partial charge >= 0.3 is 0 Å². The molecule has 5 nitrogen and oxygen atoms in total. The van der Waals surface area contributed by atoms with Crippen LogP contribution in [-0.2, 0) is 6.42 Å². The molecule has 6 heteroatoms. The van der Waals surface area contributed by atoms with E-state index in [0.717, 1.165) is 19.3 Å². The van der Waals surface area contributed by atoms with Crippen LogP contribution in [0.2, 0.25) is 5.28 Å². The second kappa shape index (κ2) is 5.35. The van der Waals surface area contributed by atoms with Gasteiger partial charge in [-0.25, -0.2) is 4.98 Å². The van der Waals surface area contributed by atoms with Crippen molar-refractivity contribution in [2.45, 2.75) is 26.2 Å². The van der Waals surface area contributed by atoms with Crippen molar-refractivity contribution in [1.29, 1.82) is 5.26 Å². The number of hydrogen-bond acceptors (Lipinski definition) is 5. The molecule has 14 heavy (non-hydrogen) atoms. The van der Waals surface area contributed by atoms with Crippen LogP contribution in [0.15, 0.2) is 0 Å². The second-order valence-electron chi connectivity index (χ2n) is 2.68. The summed E-state index contributed by atoms with van der Waals surface area (Å²) in [7, 11) is 0. The summed E-state index contributed by atoms with van der Waals surface area (Å²) in [5, 5.41) is 10.8. The fraction of sp³-hybridized carbons (Fsp3) is 0.500. The lowest BCUT2D eigenvalue weighted by Gasteiger charge is -2.00. The van der Waals surface area contributed by atoms with Crippen LogP contribution in [0.3, 0.4) is 0 Å². The average Bonchev–Trinajstić information content (AvgIpc) is 2.14. The summed E-state index contributed by atoms with van der Waals surface area (Å²) < 4.78 is 0. The standard InChI is InChI=1S/C8H10ClN5/c1-2-3-4-6-12-7(9)14-8(13-6)11-5-10/h2-4H2,1H3,(H,11,12,13,14). The molecule has 0 saturated carbocycles. The molecule has 1 aromatic heterocycles. The van der Waals surface area contributed by atoms with Gasteiger partial charge in [-0.15, -0.1) is 0 Å². The molecular formula is C8H10ClN5. The Bertz CT molecular complexity index is 346. The third kappa shape index (κ3) is 3.15. The summed E-state index contributed by atoms with van der Waals surface area (Å²) in [5.41, 5.74) is 0. The minimum Gasteiger partial charge on any atom is -0.261 e. The van der Waals surface area contributed by atoms with Crippen LogP contribution >= 0.6 is 11.6 Å². The van der Waals surface area contributed by atoms with Crippen molar-refractivity contribution in [1.82, 2.24) is 15.0 Å². The van der Waals surface area contributed by atoms with Crippen molar-refractivity contribution in [3.8, 4) is 6.19 Å². The number of unbranched alkanes of at least 4 members (excludes halogenated alkanes) is 1. The summed E-state index contributed by atoms with van der Waals surface area (Å²) >= 11 is 5.65. The molecule has 0 amide bonds. The maximum atomic E-state index is 8.37. The van der Waals surface area contributed by atoms with Gasteiger partial charge in [-0.2, -0.15) is 15.2 Å². The third-order valence-electron chi connectivity index (χ3n) is 1.58. The van der Waals surface area contributed by atoms with Gasteiger partial charge < -0.3 is 0 Å². The van der Waals surface area contributed by atoms with Gasteiger partial charge in [-0.05, 0) is 18.0 Å². The molecule has 0 atom stereocenters. The van der Waals surface area contributed by atoms with E-state index in [2.05, 4.69) is 27.2 Å². The molecular weight excluding hydrogens is 202 g/mol. The lowest BCUT2D eigenvalue weighted by atomic mass is 10.2. The Kier molecular flexibility index (Phi) is 4.08. The van der Waals surface area contributed by atoms with E-state index in [9.17, 15) is 0 Å². The highest BCUT2D eigenvalue weighted by Crippen LogP contribution is 2.07. The van der Waals surface area contributed by atoms with Gasteiger partial charge in [0.05, 0.1) is 0 Å². The lowest BCUT2D eigenvalue weighted by molar-refractivity contribution is 0.746. The normalized spacial score (nSPS) is 9.50. The minimum atomic E-state index is 0.115. The fourth-order valence-electron chi connectivity index (χ4n) is 0.944. The van der Waals surface area contributed by atoms with Crippen molar-refractivity contribution in [3.05, 3.63) is 11.1 Å². The van der Waals surface area contributed by atoms with Gasteiger partial charge in [-0.1, -0.05) is 13.3 Å². The molecule has 0 fully saturated rings. The lowest BCUT2D eigenvalue weighted by Crippen LogP contribution is -2.03. The summed E-state index contributed by atoms with van der Waals surface area (Å²) in [6, 6.07) is 0.